The second-order valence-corrected chi connectivity index (χ2v) is 5.52. The van der Waals surface area contributed by atoms with Gasteiger partial charge in [0.1, 0.15) is 0 Å². The Kier molecular flexibility index (Phi) is 5.04. The van der Waals surface area contributed by atoms with Crippen molar-refractivity contribution in [1.29, 1.82) is 0 Å². The van der Waals surface area contributed by atoms with Crippen LogP contribution in [-0.4, -0.2) is 19.6 Å². The predicted molar refractivity (Wildman–Crippen MR) is 83.5 cm³/mol. The zero-order valence-electron chi connectivity index (χ0n) is 11.4. The number of anilines is 1. The van der Waals surface area contributed by atoms with Crippen molar-refractivity contribution in [2.24, 2.45) is 0 Å². The Morgan fingerprint density at radius 1 is 1.35 bits per heavy atom. The molecule has 0 radical (unpaired) electrons. The molecule has 0 saturated carbocycles. The monoisotopic (exact) mass is 309 g/mol. The van der Waals surface area contributed by atoms with E-state index in [0.717, 1.165) is 10.6 Å². The van der Waals surface area contributed by atoms with Crippen molar-refractivity contribution in [3.05, 3.63) is 52.4 Å². The number of benzene rings is 1. The van der Waals surface area contributed by atoms with Gasteiger partial charge in [-0.15, -0.1) is 11.3 Å². The molecule has 2 aromatic rings. The fourth-order valence-corrected chi connectivity index (χ4v) is 3.19. The number of thiophene rings is 1. The smallest absolute Gasteiger partial charge is 0.333 e. The average Bonchev–Trinajstić information content (AvgIpc) is 2.99. The molecule has 0 unspecified atom stereocenters. The third-order valence-corrected chi connectivity index (χ3v) is 4.32. The van der Waals surface area contributed by atoms with E-state index in [-0.39, 0.29) is 5.97 Å². The molecule has 0 spiro atoms. The molecule has 0 fully saturated rings. The van der Waals surface area contributed by atoms with Gasteiger partial charge in [0.15, 0.2) is 6.04 Å². The average molecular weight is 310 g/mol. The summed E-state index contributed by atoms with van der Waals surface area (Å²) in [4.78, 5) is 14.2. The number of carbonyl (C=O) groups is 1. The van der Waals surface area contributed by atoms with Gasteiger partial charge in [0, 0.05) is 17.1 Å². The van der Waals surface area contributed by atoms with Crippen LogP contribution in [0, 0.1) is 0 Å². The molecule has 0 aliphatic carbocycles. The third-order valence-electron chi connectivity index (χ3n) is 3.07. The summed E-state index contributed by atoms with van der Waals surface area (Å²) in [6, 6.07) is 10.8. The van der Waals surface area contributed by atoms with E-state index in [2.05, 4.69) is 0 Å². The van der Waals surface area contributed by atoms with Gasteiger partial charge in [-0.1, -0.05) is 29.8 Å². The Bertz CT molecular complexity index is 571. The van der Waals surface area contributed by atoms with Gasteiger partial charge < -0.3 is 9.64 Å². The van der Waals surface area contributed by atoms with Crippen molar-refractivity contribution in [2.75, 3.05) is 18.6 Å². The maximum absolute atomic E-state index is 12.2. The lowest BCUT2D eigenvalue weighted by molar-refractivity contribution is -0.142. The molecule has 2 rings (SSSR count). The van der Waals surface area contributed by atoms with E-state index >= 15 is 0 Å². The van der Waals surface area contributed by atoms with E-state index in [0.29, 0.717) is 11.6 Å². The first-order chi connectivity index (χ1) is 9.69. The van der Waals surface area contributed by atoms with E-state index in [1.807, 2.05) is 47.5 Å². The molecule has 5 heteroatoms. The van der Waals surface area contributed by atoms with Crippen molar-refractivity contribution in [3.8, 4) is 0 Å². The Hall–Kier alpha value is -1.52. The predicted octanol–water partition coefficient (Wildman–Crippen LogP) is 4.14. The molecule has 0 aliphatic rings. The Morgan fingerprint density at radius 2 is 2.10 bits per heavy atom. The van der Waals surface area contributed by atoms with Crippen molar-refractivity contribution in [1.82, 2.24) is 0 Å². The summed E-state index contributed by atoms with van der Waals surface area (Å²) < 4.78 is 4.97. The number of carbonyl (C=O) groups excluding carboxylic acids is 1. The Labute approximate surface area is 127 Å². The van der Waals surface area contributed by atoms with Gasteiger partial charge in [-0.2, -0.15) is 0 Å². The van der Waals surface area contributed by atoms with Gasteiger partial charge in [0.25, 0.3) is 0 Å². The molecule has 0 bridgehead atoms. The lowest BCUT2D eigenvalue weighted by Gasteiger charge is -2.30. The molecule has 1 heterocycles. The molecule has 1 aromatic heterocycles. The molecular formula is C15H16ClNO2S. The number of hydrogen-bond acceptors (Lipinski definition) is 4. The maximum Gasteiger partial charge on any atom is 0.333 e. The normalized spacial score (nSPS) is 11.9. The fourth-order valence-electron chi connectivity index (χ4n) is 2.13. The van der Waals surface area contributed by atoms with E-state index in [1.165, 1.54) is 7.11 Å². The highest BCUT2D eigenvalue weighted by atomic mass is 35.5. The van der Waals surface area contributed by atoms with Crippen molar-refractivity contribution in [2.45, 2.75) is 13.0 Å². The van der Waals surface area contributed by atoms with Crippen LogP contribution in [0.2, 0.25) is 5.02 Å². The summed E-state index contributed by atoms with van der Waals surface area (Å²) >= 11 is 7.84. The topological polar surface area (TPSA) is 29.5 Å². The highest BCUT2D eigenvalue weighted by Gasteiger charge is 2.30. The minimum atomic E-state index is -0.530. The number of nitrogens with zero attached hydrogens (tertiary/aromatic N) is 1. The second kappa shape index (κ2) is 6.77. The minimum Gasteiger partial charge on any atom is -0.467 e. The number of hydrogen-bond donors (Lipinski definition) is 0. The van der Waals surface area contributed by atoms with Crippen LogP contribution in [0.4, 0.5) is 5.00 Å². The van der Waals surface area contributed by atoms with Crippen molar-refractivity contribution >= 4 is 33.9 Å². The quantitative estimate of drug-likeness (QED) is 0.777. The van der Waals surface area contributed by atoms with Gasteiger partial charge in [0.2, 0.25) is 0 Å². The summed E-state index contributed by atoms with van der Waals surface area (Å²) in [6.45, 7) is 2.69. The summed E-state index contributed by atoms with van der Waals surface area (Å²) in [7, 11) is 1.40. The van der Waals surface area contributed by atoms with Crippen LogP contribution in [0.5, 0.6) is 0 Å². The number of rotatable bonds is 5. The van der Waals surface area contributed by atoms with Crippen LogP contribution >= 0.6 is 22.9 Å². The number of likely N-dealkylation sites (N-methyl/N-ethyl adjacent to an activating group) is 1. The van der Waals surface area contributed by atoms with Crippen LogP contribution < -0.4 is 4.90 Å². The first-order valence-corrected chi connectivity index (χ1v) is 7.57. The highest BCUT2D eigenvalue weighted by molar-refractivity contribution is 7.14. The van der Waals surface area contributed by atoms with E-state index < -0.39 is 6.04 Å². The molecule has 1 aromatic carbocycles. The molecule has 1 atom stereocenters. The first kappa shape index (κ1) is 14.9. The van der Waals surface area contributed by atoms with Gasteiger partial charge >= 0.3 is 5.97 Å². The largest absolute Gasteiger partial charge is 0.467 e. The SMILES string of the molecule is CCN(c1cccs1)[C@H](C(=O)OC)c1ccccc1Cl. The lowest BCUT2D eigenvalue weighted by Crippen LogP contribution is -2.34. The minimum absolute atomic E-state index is 0.312. The summed E-state index contributed by atoms with van der Waals surface area (Å²) in [5, 5.41) is 3.57. The van der Waals surface area contributed by atoms with E-state index in [4.69, 9.17) is 16.3 Å². The molecular weight excluding hydrogens is 294 g/mol. The molecule has 0 saturated heterocycles. The van der Waals surface area contributed by atoms with Gasteiger partial charge in [-0.25, -0.2) is 4.79 Å². The lowest BCUT2D eigenvalue weighted by atomic mass is 10.1. The summed E-state index contributed by atoms with van der Waals surface area (Å²) in [5.74, 6) is -0.312. The van der Waals surface area contributed by atoms with Crippen LogP contribution in [0.15, 0.2) is 41.8 Å². The van der Waals surface area contributed by atoms with Crippen molar-refractivity contribution in [3.63, 3.8) is 0 Å². The molecule has 3 nitrogen and oxygen atoms in total. The number of halogens is 1. The highest BCUT2D eigenvalue weighted by Crippen LogP contribution is 2.34. The van der Waals surface area contributed by atoms with Crippen molar-refractivity contribution < 1.29 is 9.53 Å². The van der Waals surface area contributed by atoms with Gasteiger partial charge in [0.05, 0.1) is 12.1 Å². The molecule has 0 aliphatic heterocycles. The Morgan fingerprint density at radius 3 is 2.65 bits per heavy atom. The van der Waals surface area contributed by atoms with Crippen LogP contribution in [0.1, 0.15) is 18.5 Å². The van der Waals surface area contributed by atoms with Crippen LogP contribution in [-0.2, 0) is 9.53 Å². The zero-order valence-corrected chi connectivity index (χ0v) is 12.9. The molecule has 20 heavy (non-hydrogen) atoms. The first-order valence-electron chi connectivity index (χ1n) is 6.31. The Balaban J connectivity index is 2.47. The molecule has 106 valence electrons. The molecule has 0 amide bonds. The number of ether oxygens (including phenoxy) is 1. The maximum atomic E-state index is 12.2. The standard InChI is InChI=1S/C15H16ClNO2S/c1-3-17(13-9-6-10-20-13)14(15(18)19-2)11-7-4-5-8-12(11)16/h4-10,14H,3H2,1-2H3/t14-/m0/s1. The van der Waals surface area contributed by atoms with Gasteiger partial charge in [-0.05, 0) is 30.5 Å². The number of methoxy groups -OCH3 is 1. The van der Waals surface area contributed by atoms with E-state index in [1.54, 1.807) is 17.4 Å². The summed E-state index contributed by atoms with van der Waals surface area (Å²) in [5.41, 5.74) is 0.760. The van der Waals surface area contributed by atoms with Crippen LogP contribution in [0.25, 0.3) is 0 Å². The number of esters is 1. The van der Waals surface area contributed by atoms with Crippen LogP contribution in [0.3, 0.4) is 0 Å². The second-order valence-electron chi connectivity index (χ2n) is 4.18. The molecule has 0 N–H and O–H groups in total. The zero-order chi connectivity index (χ0) is 14.5. The fraction of sp³-hybridized carbons (Fsp3) is 0.267. The van der Waals surface area contributed by atoms with Gasteiger partial charge in [-0.3, -0.25) is 0 Å². The third kappa shape index (κ3) is 2.97. The van der Waals surface area contributed by atoms with E-state index in [9.17, 15) is 4.79 Å². The summed E-state index contributed by atoms with van der Waals surface area (Å²) in [6.07, 6.45) is 0.